The summed E-state index contributed by atoms with van der Waals surface area (Å²) in [5.74, 6) is -0.468. The number of rotatable bonds is 1. The van der Waals surface area contributed by atoms with Crippen LogP contribution in [0.5, 0.6) is 0 Å². The number of amides is 1. The topological polar surface area (TPSA) is 55.8 Å². The molecular formula is C16H20BrNO4. The monoisotopic (exact) mass is 369 g/mol. The predicted octanol–water partition coefficient (Wildman–Crippen LogP) is 3.46. The zero-order valence-corrected chi connectivity index (χ0v) is 14.8. The molecule has 1 heterocycles. The zero-order valence-electron chi connectivity index (χ0n) is 13.2. The number of hydrogen-bond donors (Lipinski definition) is 0. The highest BCUT2D eigenvalue weighted by molar-refractivity contribution is 9.10. The fraction of sp³-hybridized carbons (Fsp3) is 0.500. The van der Waals surface area contributed by atoms with Crippen molar-refractivity contribution in [2.24, 2.45) is 0 Å². The number of carbonyl (C=O) groups is 2. The van der Waals surface area contributed by atoms with Crippen LogP contribution >= 0.6 is 15.9 Å². The Hall–Kier alpha value is -1.56. The molecule has 6 heteroatoms. The molecule has 0 saturated carbocycles. The van der Waals surface area contributed by atoms with Gasteiger partial charge in [-0.3, -0.25) is 4.90 Å². The van der Waals surface area contributed by atoms with E-state index < -0.39 is 23.7 Å². The van der Waals surface area contributed by atoms with Crippen LogP contribution in [-0.4, -0.2) is 36.2 Å². The zero-order chi connectivity index (χ0) is 16.5. The number of methoxy groups -OCH3 is 1. The highest BCUT2D eigenvalue weighted by atomic mass is 79.9. The van der Waals surface area contributed by atoms with E-state index in [1.165, 1.54) is 12.0 Å². The van der Waals surface area contributed by atoms with Gasteiger partial charge in [-0.05, 0) is 44.4 Å². The Morgan fingerprint density at radius 2 is 2.00 bits per heavy atom. The van der Waals surface area contributed by atoms with E-state index in [1.807, 2.05) is 18.2 Å². The smallest absolute Gasteiger partial charge is 0.411 e. The minimum absolute atomic E-state index is 0.407. The lowest BCUT2D eigenvalue weighted by Crippen LogP contribution is -2.46. The molecule has 1 aromatic rings. The van der Waals surface area contributed by atoms with E-state index in [0.29, 0.717) is 13.0 Å². The van der Waals surface area contributed by atoms with Crippen molar-refractivity contribution in [3.8, 4) is 0 Å². The molecule has 1 amide bonds. The first-order valence-corrected chi connectivity index (χ1v) is 7.88. The van der Waals surface area contributed by atoms with Crippen molar-refractivity contribution in [3.05, 3.63) is 33.8 Å². The molecule has 0 saturated heterocycles. The maximum Gasteiger partial charge on any atom is 0.411 e. The molecule has 0 radical (unpaired) electrons. The van der Waals surface area contributed by atoms with Crippen molar-refractivity contribution in [1.29, 1.82) is 0 Å². The third-order valence-electron chi connectivity index (χ3n) is 3.42. The lowest BCUT2D eigenvalue weighted by molar-refractivity contribution is -0.147. The Balaban J connectivity index is 2.40. The van der Waals surface area contributed by atoms with E-state index in [9.17, 15) is 9.59 Å². The van der Waals surface area contributed by atoms with Crippen LogP contribution in [0.1, 0.15) is 37.9 Å². The Morgan fingerprint density at radius 3 is 2.59 bits per heavy atom. The highest BCUT2D eigenvalue weighted by Crippen LogP contribution is 2.35. The van der Waals surface area contributed by atoms with Crippen LogP contribution in [0.4, 0.5) is 4.79 Å². The Bertz CT molecular complexity index is 594. The van der Waals surface area contributed by atoms with E-state index in [1.54, 1.807) is 20.8 Å². The average molecular weight is 370 g/mol. The van der Waals surface area contributed by atoms with Gasteiger partial charge in [-0.15, -0.1) is 0 Å². The van der Waals surface area contributed by atoms with Crippen molar-refractivity contribution in [3.63, 3.8) is 0 Å². The molecule has 0 fully saturated rings. The van der Waals surface area contributed by atoms with E-state index >= 15 is 0 Å². The SMILES string of the molecule is COC(=O)[C@H]1c2cccc(Br)c2CCN1C(=O)OC(C)(C)C. The molecule has 120 valence electrons. The molecule has 1 aliphatic heterocycles. The van der Waals surface area contributed by atoms with Crippen LogP contribution in [-0.2, 0) is 20.7 Å². The number of esters is 1. The third-order valence-corrected chi connectivity index (χ3v) is 4.16. The maximum atomic E-state index is 12.4. The normalized spacial score (nSPS) is 17.7. The van der Waals surface area contributed by atoms with Crippen molar-refractivity contribution in [1.82, 2.24) is 4.90 Å². The summed E-state index contributed by atoms with van der Waals surface area (Å²) in [6.07, 6.45) is 0.150. The largest absolute Gasteiger partial charge is 0.467 e. The molecule has 0 aromatic heterocycles. The van der Waals surface area contributed by atoms with Gasteiger partial charge in [-0.2, -0.15) is 0 Å². The fourth-order valence-corrected chi connectivity index (χ4v) is 3.09. The van der Waals surface area contributed by atoms with E-state index in [0.717, 1.165) is 15.6 Å². The van der Waals surface area contributed by atoms with Crippen molar-refractivity contribution >= 4 is 28.0 Å². The molecule has 1 aliphatic rings. The van der Waals surface area contributed by atoms with Gasteiger partial charge in [0.2, 0.25) is 0 Å². The lowest BCUT2D eigenvalue weighted by Gasteiger charge is -2.36. The van der Waals surface area contributed by atoms with Gasteiger partial charge in [-0.1, -0.05) is 28.1 Å². The van der Waals surface area contributed by atoms with Gasteiger partial charge < -0.3 is 9.47 Å². The van der Waals surface area contributed by atoms with Gasteiger partial charge in [0.05, 0.1) is 7.11 Å². The minimum Gasteiger partial charge on any atom is -0.467 e. The summed E-state index contributed by atoms with van der Waals surface area (Å²) in [7, 11) is 1.32. The first-order chi connectivity index (χ1) is 10.2. The molecule has 1 aromatic carbocycles. The minimum atomic E-state index is -0.777. The molecule has 0 aliphatic carbocycles. The van der Waals surface area contributed by atoms with Gasteiger partial charge in [-0.25, -0.2) is 9.59 Å². The van der Waals surface area contributed by atoms with Crippen LogP contribution in [0.3, 0.4) is 0 Å². The number of nitrogens with zero attached hydrogens (tertiary/aromatic N) is 1. The molecule has 0 unspecified atom stereocenters. The van der Waals surface area contributed by atoms with Crippen LogP contribution in [0.15, 0.2) is 22.7 Å². The fourth-order valence-electron chi connectivity index (χ4n) is 2.51. The highest BCUT2D eigenvalue weighted by Gasteiger charge is 2.39. The lowest BCUT2D eigenvalue weighted by atomic mass is 9.93. The number of carbonyl (C=O) groups excluding carboxylic acids is 2. The standard InChI is InChI=1S/C16H20BrNO4/c1-16(2,3)22-15(20)18-9-8-10-11(6-5-7-12(10)17)13(18)14(19)21-4/h5-7,13H,8-9H2,1-4H3/t13-/m1/s1. The summed E-state index contributed by atoms with van der Waals surface area (Å²) in [6, 6.07) is 4.84. The van der Waals surface area contributed by atoms with Gasteiger partial charge in [0.1, 0.15) is 5.60 Å². The van der Waals surface area contributed by atoms with E-state index in [4.69, 9.17) is 9.47 Å². The first-order valence-electron chi connectivity index (χ1n) is 7.09. The van der Waals surface area contributed by atoms with Gasteiger partial charge >= 0.3 is 12.1 Å². The molecular weight excluding hydrogens is 350 g/mol. The Kier molecular flexibility index (Phi) is 4.80. The number of fused-ring (bicyclic) bond motifs is 1. The average Bonchev–Trinajstić information content (AvgIpc) is 2.44. The molecule has 0 spiro atoms. The summed E-state index contributed by atoms with van der Waals surface area (Å²) in [4.78, 5) is 26.1. The van der Waals surface area contributed by atoms with Crippen LogP contribution < -0.4 is 0 Å². The molecule has 22 heavy (non-hydrogen) atoms. The Morgan fingerprint density at radius 1 is 1.32 bits per heavy atom. The quantitative estimate of drug-likeness (QED) is 0.711. The molecule has 1 atom stereocenters. The second-order valence-corrected chi connectivity index (χ2v) is 7.01. The second kappa shape index (κ2) is 6.28. The molecule has 0 bridgehead atoms. The van der Waals surface area contributed by atoms with E-state index in [2.05, 4.69) is 15.9 Å². The summed E-state index contributed by atoms with van der Waals surface area (Å²) < 4.78 is 11.2. The van der Waals surface area contributed by atoms with Crippen molar-refractivity contribution in [2.75, 3.05) is 13.7 Å². The third kappa shape index (κ3) is 3.43. The van der Waals surface area contributed by atoms with Gasteiger partial charge in [0, 0.05) is 11.0 Å². The van der Waals surface area contributed by atoms with Gasteiger partial charge in [0.25, 0.3) is 0 Å². The van der Waals surface area contributed by atoms with Crippen LogP contribution in [0.25, 0.3) is 0 Å². The molecule has 0 N–H and O–H groups in total. The summed E-state index contributed by atoms with van der Waals surface area (Å²) >= 11 is 3.50. The van der Waals surface area contributed by atoms with Crippen molar-refractivity contribution < 1.29 is 19.1 Å². The number of benzene rings is 1. The van der Waals surface area contributed by atoms with Crippen LogP contribution in [0.2, 0.25) is 0 Å². The second-order valence-electron chi connectivity index (χ2n) is 6.16. The molecule has 2 rings (SSSR count). The first kappa shape index (κ1) is 16.8. The summed E-state index contributed by atoms with van der Waals surface area (Å²) in [5, 5.41) is 0. The summed E-state index contributed by atoms with van der Waals surface area (Å²) in [5.41, 5.74) is 1.19. The van der Waals surface area contributed by atoms with Crippen LogP contribution in [0, 0.1) is 0 Å². The predicted molar refractivity (Wildman–Crippen MR) is 85.5 cm³/mol. The van der Waals surface area contributed by atoms with Crippen molar-refractivity contribution in [2.45, 2.75) is 38.8 Å². The maximum absolute atomic E-state index is 12.4. The Labute approximate surface area is 138 Å². The number of halogens is 1. The van der Waals surface area contributed by atoms with E-state index in [-0.39, 0.29) is 0 Å². The summed E-state index contributed by atoms with van der Waals surface area (Å²) in [6.45, 7) is 5.80. The number of ether oxygens (including phenoxy) is 2. The number of hydrogen-bond acceptors (Lipinski definition) is 4. The molecule has 5 nitrogen and oxygen atoms in total. The van der Waals surface area contributed by atoms with Gasteiger partial charge in [0.15, 0.2) is 6.04 Å².